The van der Waals surface area contributed by atoms with E-state index in [0.29, 0.717) is 0 Å². The van der Waals surface area contributed by atoms with Gasteiger partial charge in [0.2, 0.25) is 11.9 Å². The molecule has 1 aliphatic carbocycles. The van der Waals surface area contributed by atoms with Crippen molar-refractivity contribution in [3.05, 3.63) is 17.5 Å². The maximum absolute atomic E-state index is 12.5. The van der Waals surface area contributed by atoms with E-state index < -0.39 is 0 Å². The number of ether oxygens (including phenoxy) is 1. The van der Waals surface area contributed by atoms with Gasteiger partial charge in [0.25, 0.3) is 0 Å². The maximum Gasteiger partial charge on any atom is 0.226 e. The number of hydrogen-bond acceptors (Lipinski definition) is 5. The Morgan fingerprint density at radius 1 is 1.35 bits per heavy atom. The second-order valence-corrected chi connectivity index (χ2v) is 6.19. The molecule has 2 heterocycles. The first-order valence-electron chi connectivity index (χ1n) is 8.69. The minimum absolute atomic E-state index is 0.0836. The lowest BCUT2D eigenvalue weighted by molar-refractivity contribution is -0.135. The Morgan fingerprint density at radius 3 is 2.78 bits per heavy atom. The largest absolute Gasteiger partial charge is 0.378 e. The predicted molar refractivity (Wildman–Crippen MR) is 88.5 cm³/mol. The topological polar surface area (TPSA) is 58.6 Å². The Balaban J connectivity index is 1.71. The van der Waals surface area contributed by atoms with Gasteiger partial charge in [-0.15, -0.1) is 0 Å². The van der Waals surface area contributed by atoms with Crippen LogP contribution in [0.4, 0.5) is 5.95 Å². The number of aromatic nitrogens is 2. The molecule has 0 N–H and O–H groups in total. The molecule has 23 heavy (non-hydrogen) atoms. The highest BCUT2D eigenvalue weighted by molar-refractivity contribution is 5.79. The summed E-state index contributed by atoms with van der Waals surface area (Å²) in [6.45, 7) is 8.81. The number of carbonyl (C=O) groups excluding carboxylic acids is 1. The summed E-state index contributed by atoms with van der Waals surface area (Å²) >= 11 is 0. The summed E-state index contributed by atoms with van der Waals surface area (Å²) in [7, 11) is 0. The highest BCUT2D eigenvalue weighted by Crippen LogP contribution is 2.26. The van der Waals surface area contributed by atoms with Gasteiger partial charge >= 0.3 is 0 Å². The quantitative estimate of drug-likeness (QED) is 0.837. The summed E-state index contributed by atoms with van der Waals surface area (Å²) < 4.78 is 5.38. The van der Waals surface area contributed by atoms with Crippen LogP contribution in [0.3, 0.4) is 0 Å². The summed E-state index contributed by atoms with van der Waals surface area (Å²) in [6, 6.07) is 0. The molecule has 1 aromatic rings. The lowest BCUT2D eigenvalue weighted by atomic mass is 9.86. The fourth-order valence-corrected chi connectivity index (χ4v) is 3.42. The molecule has 1 atom stereocenters. The normalized spacial score (nSPS) is 21.0. The van der Waals surface area contributed by atoms with Gasteiger partial charge in [-0.3, -0.25) is 4.79 Å². The van der Waals surface area contributed by atoms with E-state index in [1.807, 2.05) is 24.9 Å². The SMILES string of the molecule is CCN(CC)C(=O)[C@@H]1CCc2nc(N3CCOCC3)ncc2C1. The van der Waals surface area contributed by atoms with Crippen molar-refractivity contribution in [2.24, 2.45) is 5.92 Å². The summed E-state index contributed by atoms with van der Waals surface area (Å²) in [6.07, 6.45) is 4.46. The molecular weight excluding hydrogens is 292 g/mol. The van der Waals surface area contributed by atoms with Crippen molar-refractivity contribution in [3.63, 3.8) is 0 Å². The van der Waals surface area contributed by atoms with Gasteiger partial charge < -0.3 is 14.5 Å². The molecular formula is C17H26N4O2. The van der Waals surface area contributed by atoms with E-state index in [4.69, 9.17) is 9.72 Å². The molecule has 1 aromatic heterocycles. The van der Waals surface area contributed by atoms with Crippen molar-refractivity contribution in [1.29, 1.82) is 0 Å². The Morgan fingerprint density at radius 2 is 2.09 bits per heavy atom. The van der Waals surface area contributed by atoms with Crippen LogP contribution in [0.5, 0.6) is 0 Å². The number of aryl methyl sites for hydroxylation is 1. The lowest BCUT2D eigenvalue weighted by Gasteiger charge is -2.30. The van der Waals surface area contributed by atoms with Crippen LogP contribution in [-0.4, -0.2) is 60.2 Å². The molecule has 6 heteroatoms. The average molecular weight is 318 g/mol. The Hall–Kier alpha value is -1.69. The predicted octanol–water partition coefficient (Wildman–Crippen LogP) is 1.29. The molecule has 0 bridgehead atoms. The highest BCUT2D eigenvalue weighted by Gasteiger charge is 2.29. The monoisotopic (exact) mass is 318 g/mol. The standard InChI is InChI=1S/C17H26N4O2/c1-3-20(4-2)16(22)13-5-6-15-14(11-13)12-18-17(19-15)21-7-9-23-10-8-21/h12-13H,3-11H2,1-2H3/t13-/m1/s1. The van der Waals surface area contributed by atoms with Crippen molar-refractivity contribution in [2.75, 3.05) is 44.3 Å². The third-order valence-electron chi connectivity index (χ3n) is 4.86. The third kappa shape index (κ3) is 3.47. The highest BCUT2D eigenvalue weighted by atomic mass is 16.5. The molecule has 1 aliphatic heterocycles. The number of rotatable bonds is 4. The average Bonchev–Trinajstić information content (AvgIpc) is 2.62. The van der Waals surface area contributed by atoms with E-state index in [-0.39, 0.29) is 11.8 Å². The second-order valence-electron chi connectivity index (χ2n) is 6.19. The fourth-order valence-electron chi connectivity index (χ4n) is 3.42. The molecule has 126 valence electrons. The van der Waals surface area contributed by atoms with Gasteiger partial charge in [-0.1, -0.05) is 0 Å². The van der Waals surface area contributed by atoms with Crippen LogP contribution in [0.2, 0.25) is 0 Å². The zero-order valence-corrected chi connectivity index (χ0v) is 14.1. The lowest BCUT2D eigenvalue weighted by Crippen LogP contribution is -2.39. The van der Waals surface area contributed by atoms with Crippen LogP contribution < -0.4 is 4.90 Å². The Kier molecular flexibility index (Phi) is 5.10. The molecule has 6 nitrogen and oxygen atoms in total. The first-order valence-corrected chi connectivity index (χ1v) is 8.69. The summed E-state index contributed by atoms with van der Waals surface area (Å²) in [4.78, 5) is 25.9. The van der Waals surface area contributed by atoms with Gasteiger partial charge in [-0.25, -0.2) is 9.97 Å². The van der Waals surface area contributed by atoms with Crippen LogP contribution in [0.1, 0.15) is 31.5 Å². The first kappa shape index (κ1) is 16.2. The van der Waals surface area contributed by atoms with Crippen molar-refractivity contribution < 1.29 is 9.53 Å². The molecule has 0 spiro atoms. The Labute approximate surface area is 137 Å². The minimum Gasteiger partial charge on any atom is -0.378 e. The van der Waals surface area contributed by atoms with E-state index in [1.165, 1.54) is 0 Å². The van der Waals surface area contributed by atoms with E-state index in [2.05, 4.69) is 9.88 Å². The number of fused-ring (bicyclic) bond motifs is 1. The molecule has 2 aliphatic rings. The fraction of sp³-hybridized carbons (Fsp3) is 0.706. The first-order chi connectivity index (χ1) is 11.2. The van der Waals surface area contributed by atoms with Crippen molar-refractivity contribution >= 4 is 11.9 Å². The van der Waals surface area contributed by atoms with Crippen LogP contribution in [0.25, 0.3) is 0 Å². The Bertz CT molecular complexity index is 554. The van der Waals surface area contributed by atoms with E-state index >= 15 is 0 Å². The molecule has 0 saturated carbocycles. The summed E-state index contributed by atoms with van der Waals surface area (Å²) in [5.41, 5.74) is 2.25. The van der Waals surface area contributed by atoms with Gasteiger partial charge in [0.05, 0.1) is 13.2 Å². The van der Waals surface area contributed by atoms with Gasteiger partial charge in [0.1, 0.15) is 0 Å². The number of morpholine rings is 1. The molecule has 0 unspecified atom stereocenters. The number of anilines is 1. The van der Waals surface area contributed by atoms with Crippen LogP contribution in [0.15, 0.2) is 6.20 Å². The van der Waals surface area contributed by atoms with E-state index in [9.17, 15) is 4.79 Å². The zero-order chi connectivity index (χ0) is 16.2. The smallest absolute Gasteiger partial charge is 0.226 e. The van der Waals surface area contributed by atoms with Crippen molar-refractivity contribution in [1.82, 2.24) is 14.9 Å². The molecule has 1 fully saturated rings. The van der Waals surface area contributed by atoms with Gasteiger partial charge in [0.15, 0.2) is 0 Å². The number of hydrogen-bond donors (Lipinski definition) is 0. The van der Waals surface area contributed by atoms with Gasteiger partial charge in [-0.2, -0.15) is 0 Å². The van der Waals surface area contributed by atoms with E-state index in [1.54, 1.807) is 0 Å². The second kappa shape index (κ2) is 7.25. The summed E-state index contributed by atoms with van der Waals surface area (Å²) in [5, 5.41) is 0. The van der Waals surface area contributed by atoms with Crippen LogP contribution in [-0.2, 0) is 22.4 Å². The molecule has 0 aromatic carbocycles. The molecule has 3 rings (SSSR count). The zero-order valence-electron chi connectivity index (χ0n) is 14.1. The number of nitrogens with zero attached hydrogens (tertiary/aromatic N) is 4. The van der Waals surface area contributed by atoms with Gasteiger partial charge in [0, 0.05) is 44.0 Å². The number of carbonyl (C=O) groups is 1. The van der Waals surface area contributed by atoms with Crippen LogP contribution in [0, 0.1) is 5.92 Å². The minimum atomic E-state index is 0.0836. The van der Waals surface area contributed by atoms with Crippen LogP contribution >= 0.6 is 0 Å². The van der Waals surface area contributed by atoms with Crippen molar-refractivity contribution in [3.8, 4) is 0 Å². The maximum atomic E-state index is 12.5. The van der Waals surface area contributed by atoms with Crippen molar-refractivity contribution in [2.45, 2.75) is 33.1 Å². The molecule has 1 saturated heterocycles. The molecule has 0 radical (unpaired) electrons. The molecule has 1 amide bonds. The third-order valence-corrected chi connectivity index (χ3v) is 4.86. The van der Waals surface area contributed by atoms with E-state index in [0.717, 1.165) is 75.9 Å². The number of amides is 1. The summed E-state index contributed by atoms with van der Waals surface area (Å²) in [5.74, 6) is 1.17. The van der Waals surface area contributed by atoms with Gasteiger partial charge in [-0.05, 0) is 38.7 Å².